The van der Waals surface area contributed by atoms with Crippen molar-refractivity contribution in [3.8, 4) is 0 Å². The average molecular weight is 375 g/mol. The van der Waals surface area contributed by atoms with Gasteiger partial charge in [-0.2, -0.15) is 4.52 Å². The Hall–Kier alpha value is -3.28. The van der Waals surface area contributed by atoms with Gasteiger partial charge < -0.3 is 5.32 Å². The van der Waals surface area contributed by atoms with Gasteiger partial charge in [0.25, 0.3) is 0 Å². The molecule has 0 aliphatic carbocycles. The lowest BCUT2D eigenvalue weighted by molar-refractivity contribution is 0.527. The molecule has 0 saturated carbocycles. The maximum absolute atomic E-state index is 13.9. The normalized spacial score (nSPS) is 12.9. The van der Waals surface area contributed by atoms with E-state index in [9.17, 15) is 4.39 Å². The summed E-state index contributed by atoms with van der Waals surface area (Å²) in [7, 11) is 0. The topological polar surface area (TPSA) is 55.1 Å². The lowest BCUT2D eigenvalue weighted by Crippen LogP contribution is -2.18. The van der Waals surface area contributed by atoms with Crippen LogP contribution in [0.1, 0.15) is 43.8 Å². The number of hydrogen-bond acceptors (Lipinski definition) is 4. The maximum atomic E-state index is 13.9. The van der Waals surface area contributed by atoms with Gasteiger partial charge in [0.2, 0.25) is 0 Å². The van der Waals surface area contributed by atoms with Crippen LogP contribution in [0.4, 0.5) is 10.2 Å². The predicted octanol–water partition coefficient (Wildman–Crippen LogP) is 4.76. The van der Waals surface area contributed by atoms with Gasteiger partial charge in [0, 0.05) is 5.41 Å². The van der Waals surface area contributed by atoms with Crippen molar-refractivity contribution in [2.24, 2.45) is 0 Å². The Bertz CT molecular complexity index is 1100. The number of nitrogens with zero attached hydrogens (tertiary/aromatic N) is 4. The number of aromatic nitrogens is 4. The third-order valence-electron chi connectivity index (χ3n) is 4.54. The second-order valence-electron chi connectivity index (χ2n) is 7.81. The molecule has 6 heteroatoms. The summed E-state index contributed by atoms with van der Waals surface area (Å²) in [6, 6.07) is 20.1. The zero-order valence-corrected chi connectivity index (χ0v) is 16.1. The summed E-state index contributed by atoms with van der Waals surface area (Å²) >= 11 is 0. The first-order valence-corrected chi connectivity index (χ1v) is 9.22. The number of nitrogens with one attached hydrogen (secondary N) is 1. The summed E-state index contributed by atoms with van der Waals surface area (Å²) in [5.74, 6) is 1.18. The molecule has 2 aromatic carbocycles. The van der Waals surface area contributed by atoms with Crippen LogP contribution in [0, 0.1) is 5.82 Å². The molecule has 28 heavy (non-hydrogen) atoms. The molecular formula is C22H22FN5. The fraction of sp³-hybridized carbons (Fsp3) is 0.227. The molecular weight excluding hydrogens is 353 g/mol. The molecule has 1 N–H and O–H groups in total. The van der Waals surface area contributed by atoms with Crippen molar-refractivity contribution in [3.05, 3.63) is 89.5 Å². The summed E-state index contributed by atoms with van der Waals surface area (Å²) in [5.41, 5.74) is 2.35. The summed E-state index contributed by atoms with van der Waals surface area (Å²) in [6.07, 6.45) is 0. The second kappa shape index (κ2) is 7.03. The van der Waals surface area contributed by atoms with E-state index in [4.69, 9.17) is 5.10 Å². The highest BCUT2D eigenvalue weighted by molar-refractivity contribution is 5.48. The van der Waals surface area contributed by atoms with E-state index in [1.165, 1.54) is 6.07 Å². The lowest BCUT2D eigenvalue weighted by atomic mass is 9.96. The Kier molecular flexibility index (Phi) is 4.55. The fourth-order valence-corrected chi connectivity index (χ4v) is 3.17. The number of rotatable bonds is 4. The average Bonchev–Trinajstić information content (AvgIpc) is 3.10. The van der Waals surface area contributed by atoms with Crippen LogP contribution in [0.3, 0.4) is 0 Å². The highest BCUT2D eigenvalue weighted by atomic mass is 19.1. The van der Waals surface area contributed by atoms with Gasteiger partial charge in [0.1, 0.15) is 11.6 Å². The fourth-order valence-electron chi connectivity index (χ4n) is 3.17. The molecule has 1 unspecified atom stereocenters. The first-order chi connectivity index (χ1) is 13.4. The molecule has 2 heterocycles. The van der Waals surface area contributed by atoms with Crippen LogP contribution < -0.4 is 5.32 Å². The minimum atomic E-state index is -0.266. The summed E-state index contributed by atoms with van der Waals surface area (Å²) < 4.78 is 15.6. The molecule has 4 rings (SSSR count). The third kappa shape index (κ3) is 3.58. The van der Waals surface area contributed by atoms with Gasteiger partial charge in [-0.15, -0.1) is 15.3 Å². The Labute approximate surface area is 163 Å². The number of hydrogen-bond donors (Lipinski definition) is 1. The van der Waals surface area contributed by atoms with E-state index in [1.807, 2.05) is 48.5 Å². The molecule has 0 amide bonds. The van der Waals surface area contributed by atoms with Gasteiger partial charge in [-0.25, -0.2) is 4.39 Å². The zero-order valence-electron chi connectivity index (χ0n) is 16.1. The zero-order chi connectivity index (χ0) is 19.7. The molecule has 1 atom stereocenters. The van der Waals surface area contributed by atoms with Gasteiger partial charge in [-0.1, -0.05) is 63.2 Å². The van der Waals surface area contributed by atoms with Crippen molar-refractivity contribution in [1.82, 2.24) is 19.8 Å². The van der Waals surface area contributed by atoms with Crippen LogP contribution >= 0.6 is 0 Å². The maximum Gasteiger partial charge on any atom is 0.178 e. The molecule has 0 spiro atoms. The standard InChI is InChI=1S/C22H22FN5/c1-22(2,3)21-26-25-19-13-12-18(27-28(19)21)24-20(15-8-5-4-6-9-15)16-10-7-11-17(23)14-16/h4-14,20H,1-3H3,(H,24,27). The van der Waals surface area contributed by atoms with E-state index in [1.54, 1.807) is 16.6 Å². The number of benzene rings is 2. The van der Waals surface area contributed by atoms with E-state index in [0.29, 0.717) is 11.5 Å². The third-order valence-corrected chi connectivity index (χ3v) is 4.54. The summed E-state index contributed by atoms with van der Waals surface area (Å²) in [6.45, 7) is 6.22. The van der Waals surface area contributed by atoms with E-state index in [-0.39, 0.29) is 17.3 Å². The molecule has 0 fully saturated rings. The number of halogens is 1. The molecule has 0 saturated heterocycles. The molecule has 2 aromatic heterocycles. The first-order valence-electron chi connectivity index (χ1n) is 9.22. The highest BCUT2D eigenvalue weighted by Gasteiger charge is 2.22. The van der Waals surface area contributed by atoms with Crippen molar-refractivity contribution in [1.29, 1.82) is 0 Å². The van der Waals surface area contributed by atoms with Crippen LogP contribution in [0.15, 0.2) is 66.7 Å². The predicted molar refractivity (Wildman–Crippen MR) is 108 cm³/mol. The number of anilines is 1. The van der Waals surface area contributed by atoms with Crippen LogP contribution in [0.5, 0.6) is 0 Å². The Morgan fingerprint density at radius 3 is 2.36 bits per heavy atom. The smallest absolute Gasteiger partial charge is 0.178 e. The van der Waals surface area contributed by atoms with Crippen molar-refractivity contribution >= 4 is 11.5 Å². The van der Waals surface area contributed by atoms with Crippen LogP contribution in [-0.4, -0.2) is 19.8 Å². The van der Waals surface area contributed by atoms with Gasteiger partial charge in [-0.05, 0) is 35.4 Å². The Balaban J connectivity index is 1.77. The molecule has 0 aliphatic heterocycles. The monoisotopic (exact) mass is 375 g/mol. The largest absolute Gasteiger partial charge is 0.358 e. The van der Waals surface area contributed by atoms with Gasteiger partial charge >= 0.3 is 0 Å². The molecule has 4 aromatic rings. The highest BCUT2D eigenvalue weighted by Crippen LogP contribution is 2.27. The molecule has 142 valence electrons. The molecule has 0 radical (unpaired) electrons. The first kappa shape index (κ1) is 18.1. The van der Waals surface area contributed by atoms with Crippen molar-refractivity contribution in [2.75, 3.05) is 5.32 Å². The van der Waals surface area contributed by atoms with Crippen LogP contribution in [0.25, 0.3) is 5.65 Å². The summed E-state index contributed by atoms with van der Waals surface area (Å²) in [5, 5.41) is 16.6. The molecule has 5 nitrogen and oxygen atoms in total. The van der Waals surface area contributed by atoms with Crippen LogP contribution in [-0.2, 0) is 5.41 Å². The van der Waals surface area contributed by atoms with Crippen molar-refractivity contribution in [2.45, 2.75) is 32.2 Å². The number of fused-ring (bicyclic) bond motifs is 1. The van der Waals surface area contributed by atoms with Gasteiger partial charge in [0.05, 0.1) is 6.04 Å². The minimum Gasteiger partial charge on any atom is -0.358 e. The van der Waals surface area contributed by atoms with Gasteiger partial charge in [-0.3, -0.25) is 0 Å². The molecule has 0 aliphatic rings. The van der Waals surface area contributed by atoms with E-state index >= 15 is 0 Å². The minimum absolute atomic E-state index is 0.188. The SMILES string of the molecule is CC(C)(C)c1nnc2ccc(NC(c3ccccc3)c3cccc(F)c3)nn12. The Morgan fingerprint density at radius 1 is 0.893 bits per heavy atom. The van der Waals surface area contributed by atoms with Crippen molar-refractivity contribution in [3.63, 3.8) is 0 Å². The van der Waals surface area contributed by atoms with Crippen LogP contribution in [0.2, 0.25) is 0 Å². The van der Waals surface area contributed by atoms with E-state index < -0.39 is 0 Å². The summed E-state index contributed by atoms with van der Waals surface area (Å²) in [4.78, 5) is 0. The Morgan fingerprint density at radius 2 is 1.64 bits per heavy atom. The molecule has 0 bridgehead atoms. The van der Waals surface area contributed by atoms with Gasteiger partial charge in [0.15, 0.2) is 11.5 Å². The van der Waals surface area contributed by atoms with E-state index in [0.717, 1.165) is 17.0 Å². The van der Waals surface area contributed by atoms with Crippen molar-refractivity contribution < 1.29 is 4.39 Å². The lowest BCUT2D eigenvalue weighted by Gasteiger charge is -2.21. The second-order valence-corrected chi connectivity index (χ2v) is 7.81. The quantitative estimate of drug-likeness (QED) is 0.559. The van der Waals surface area contributed by atoms with E-state index in [2.05, 4.69) is 36.3 Å².